The molecular weight excluding hydrogens is 248 g/mol. The number of ether oxygens (including phenoxy) is 1. The van der Waals surface area contributed by atoms with Gasteiger partial charge in [0.05, 0.1) is 16.8 Å². The maximum absolute atomic E-state index is 10.3. The van der Waals surface area contributed by atoms with E-state index in [2.05, 4.69) is 25.9 Å². The lowest BCUT2D eigenvalue weighted by molar-refractivity contribution is -0.135. The lowest BCUT2D eigenvalue weighted by Gasteiger charge is -2.23. The van der Waals surface area contributed by atoms with Gasteiger partial charge in [0, 0.05) is 6.20 Å². The summed E-state index contributed by atoms with van der Waals surface area (Å²) in [6, 6.07) is 0. The maximum Gasteiger partial charge on any atom is 0.293 e. The van der Waals surface area contributed by atoms with Crippen molar-refractivity contribution in [2.45, 2.75) is 24.8 Å². The molecule has 0 aliphatic rings. The number of hydrogen-bond donors (Lipinski definition) is 1. The number of H-pyrrole nitrogens is 1. The van der Waals surface area contributed by atoms with Crippen LogP contribution in [0.5, 0.6) is 0 Å². The van der Waals surface area contributed by atoms with Crippen molar-refractivity contribution >= 4 is 22.4 Å². The smallest absolute Gasteiger partial charge is 0.293 e. The van der Waals surface area contributed by atoms with Crippen molar-refractivity contribution in [2.75, 3.05) is 0 Å². The summed E-state index contributed by atoms with van der Waals surface area (Å²) in [5.74, 6) is 0.243. The first-order valence-corrected chi connectivity index (χ1v) is 5.29. The van der Waals surface area contributed by atoms with E-state index in [1.165, 1.54) is 0 Å². The van der Waals surface area contributed by atoms with Gasteiger partial charge in [-0.25, -0.2) is 4.98 Å². The SMILES string of the molecule is CC(C)C(OC=O)C(Br)c1cnc[nH]1. The van der Waals surface area contributed by atoms with E-state index in [0.717, 1.165) is 5.69 Å². The zero-order valence-electron chi connectivity index (χ0n) is 8.11. The first kappa shape index (κ1) is 11.2. The zero-order valence-corrected chi connectivity index (χ0v) is 9.69. The van der Waals surface area contributed by atoms with Crippen LogP contribution < -0.4 is 0 Å². The Hall–Kier alpha value is -0.840. The van der Waals surface area contributed by atoms with Crippen molar-refractivity contribution in [3.8, 4) is 0 Å². The molecule has 0 aliphatic heterocycles. The summed E-state index contributed by atoms with van der Waals surface area (Å²) in [5, 5.41) is 0. The number of hydrogen-bond acceptors (Lipinski definition) is 3. The Morgan fingerprint density at radius 2 is 2.36 bits per heavy atom. The van der Waals surface area contributed by atoms with Gasteiger partial charge in [0.15, 0.2) is 0 Å². The zero-order chi connectivity index (χ0) is 10.6. The highest BCUT2D eigenvalue weighted by atomic mass is 79.9. The van der Waals surface area contributed by atoms with Crippen molar-refractivity contribution < 1.29 is 9.53 Å². The minimum absolute atomic E-state index is 0.0461. The highest BCUT2D eigenvalue weighted by Crippen LogP contribution is 2.30. The van der Waals surface area contributed by atoms with Gasteiger partial charge in [-0.15, -0.1) is 0 Å². The van der Waals surface area contributed by atoms with E-state index < -0.39 is 0 Å². The number of nitrogens with one attached hydrogen (secondary N) is 1. The number of alkyl halides is 1. The molecule has 4 nitrogen and oxygen atoms in total. The number of imidazole rings is 1. The molecule has 0 amide bonds. The summed E-state index contributed by atoms with van der Waals surface area (Å²) < 4.78 is 5.01. The van der Waals surface area contributed by atoms with E-state index in [4.69, 9.17) is 4.74 Å². The van der Waals surface area contributed by atoms with E-state index >= 15 is 0 Å². The quantitative estimate of drug-likeness (QED) is 0.651. The minimum Gasteiger partial charge on any atom is -0.463 e. The fourth-order valence-electron chi connectivity index (χ4n) is 1.22. The standard InChI is InChI=1S/C9H13BrN2O2/c1-6(2)9(14-5-13)8(10)7-3-11-4-12-7/h3-6,8-9H,1-2H3,(H,11,12). The average molecular weight is 261 g/mol. The third-order valence-corrected chi connectivity index (χ3v) is 2.99. The summed E-state index contributed by atoms with van der Waals surface area (Å²) in [4.78, 5) is 17.2. The third-order valence-electron chi connectivity index (χ3n) is 1.97. The Balaban J connectivity index is 2.73. The molecule has 0 saturated carbocycles. The molecule has 0 fully saturated rings. The molecular formula is C9H13BrN2O2. The van der Waals surface area contributed by atoms with Gasteiger partial charge in [-0.3, -0.25) is 4.79 Å². The van der Waals surface area contributed by atoms with Gasteiger partial charge in [-0.05, 0) is 5.92 Å². The van der Waals surface area contributed by atoms with Gasteiger partial charge in [-0.1, -0.05) is 29.8 Å². The summed E-state index contributed by atoms with van der Waals surface area (Å²) >= 11 is 3.48. The molecule has 0 aliphatic carbocycles. The molecule has 0 saturated heterocycles. The lowest BCUT2D eigenvalue weighted by Crippen LogP contribution is -2.24. The van der Waals surface area contributed by atoms with Crippen LogP contribution in [-0.4, -0.2) is 22.5 Å². The van der Waals surface area contributed by atoms with E-state index in [1.54, 1.807) is 12.5 Å². The van der Waals surface area contributed by atoms with Gasteiger partial charge in [0.25, 0.3) is 6.47 Å². The predicted octanol–water partition coefficient (Wildman–Crippen LogP) is 2.04. The Morgan fingerprint density at radius 3 is 2.79 bits per heavy atom. The van der Waals surface area contributed by atoms with Gasteiger partial charge in [0.1, 0.15) is 6.10 Å². The average Bonchev–Trinajstić information content (AvgIpc) is 2.65. The van der Waals surface area contributed by atoms with Gasteiger partial charge < -0.3 is 9.72 Å². The number of nitrogens with zero attached hydrogens (tertiary/aromatic N) is 1. The fourth-order valence-corrected chi connectivity index (χ4v) is 2.21. The van der Waals surface area contributed by atoms with Gasteiger partial charge in [-0.2, -0.15) is 0 Å². The van der Waals surface area contributed by atoms with Crippen molar-refractivity contribution in [2.24, 2.45) is 5.92 Å². The van der Waals surface area contributed by atoms with Crippen LogP contribution in [0.2, 0.25) is 0 Å². The number of carbonyl (C=O) groups is 1. The monoisotopic (exact) mass is 260 g/mol. The predicted molar refractivity (Wildman–Crippen MR) is 56.0 cm³/mol. The van der Waals surface area contributed by atoms with E-state index in [9.17, 15) is 4.79 Å². The molecule has 1 aromatic heterocycles. The molecule has 0 radical (unpaired) electrons. The fraction of sp³-hybridized carbons (Fsp3) is 0.556. The molecule has 14 heavy (non-hydrogen) atoms. The van der Waals surface area contributed by atoms with Crippen molar-refractivity contribution in [3.63, 3.8) is 0 Å². The minimum atomic E-state index is -0.187. The molecule has 1 N–H and O–H groups in total. The lowest BCUT2D eigenvalue weighted by atomic mass is 10.0. The Kier molecular flexibility index (Phi) is 4.13. The summed E-state index contributed by atoms with van der Waals surface area (Å²) in [6.45, 7) is 4.48. The van der Waals surface area contributed by atoms with Crippen molar-refractivity contribution in [1.29, 1.82) is 0 Å². The Bertz CT molecular complexity index is 274. The van der Waals surface area contributed by atoms with E-state index in [-0.39, 0.29) is 16.8 Å². The summed E-state index contributed by atoms with van der Waals surface area (Å²) in [6.07, 6.45) is 3.12. The van der Waals surface area contributed by atoms with Crippen molar-refractivity contribution in [1.82, 2.24) is 9.97 Å². The van der Waals surface area contributed by atoms with Crippen molar-refractivity contribution in [3.05, 3.63) is 18.2 Å². The molecule has 0 aromatic carbocycles. The molecule has 78 valence electrons. The second-order valence-electron chi connectivity index (χ2n) is 3.35. The van der Waals surface area contributed by atoms with Crippen LogP contribution in [-0.2, 0) is 9.53 Å². The number of aromatic amines is 1. The number of carbonyl (C=O) groups excluding carboxylic acids is 1. The topological polar surface area (TPSA) is 55.0 Å². The van der Waals surface area contributed by atoms with Crippen LogP contribution in [0.1, 0.15) is 24.4 Å². The van der Waals surface area contributed by atoms with Crippen LogP contribution in [0.4, 0.5) is 0 Å². The third kappa shape index (κ3) is 2.57. The molecule has 2 unspecified atom stereocenters. The number of rotatable bonds is 5. The molecule has 1 aromatic rings. The van der Waals surface area contributed by atoms with Crippen LogP contribution in [0.3, 0.4) is 0 Å². The summed E-state index contributed by atoms with van der Waals surface area (Å²) in [5.41, 5.74) is 0.908. The Labute approximate surface area is 91.2 Å². The van der Waals surface area contributed by atoms with E-state index in [0.29, 0.717) is 6.47 Å². The first-order valence-electron chi connectivity index (χ1n) is 4.38. The molecule has 0 spiro atoms. The number of aromatic nitrogens is 2. The van der Waals surface area contributed by atoms with Gasteiger partial charge >= 0.3 is 0 Å². The molecule has 1 heterocycles. The van der Waals surface area contributed by atoms with Crippen LogP contribution in [0.15, 0.2) is 12.5 Å². The van der Waals surface area contributed by atoms with Crippen LogP contribution in [0, 0.1) is 5.92 Å². The normalized spacial score (nSPS) is 15.1. The van der Waals surface area contributed by atoms with E-state index in [1.807, 2.05) is 13.8 Å². The summed E-state index contributed by atoms with van der Waals surface area (Å²) in [7, 11) is 0. The van der Waals surface area contributed by atoms with Gasteiger partial charge in [0.2, 0.25) is 0 Å². The largest absolute Gasteiger partial charge is 0.463 e. The second-order valence-corrected chi connectivity index (χ2v) is 4.34. The highest BCUT2D eigenvalue weighted by Gasteiger charge is 2.26. The molecule has 5 heteroatoms. The number of halogens is 1. The molecule has 0 bridgehead atoms. The first-order chi connectivity index (χ1) is 6.66. The van der Waals surface area contributed by atoms with Crippen LogP contribution >= 0.6 is 15.9 Å². The van der Waals surface area contributed by atoms with Crippen LogP contribution in [0.25, 0.3) is 0 Å². The maximum atomic E-state index is 10.3. The highest BCUT2D eigenvalue weighted by molar-refractivity contribution is 9.09. The second kappa shape index (κ2) is 5.14. The Morgan fingerprint density at radius 1 is 1.64 bits per heavy atom. The molecule has 1 rings (SSSR count). The molecule has 2 atom stereocenters.